The summed E-state index contributed by atoms with van der Waals surface area (Å²) in [5.41, 5.74) is 2.79. The van der Waals surface area contributed by atoms with Crippen LogP contribution in [0.15, 0.2) is 0 Å². The van der Waals surface area contributed by atoms with Crippen LogP contribution in [0, 0.1) is 23.2 Å². The number of hydrogen-bond acceptors (Lipinski definition) is 6. The van der Waals surface area contributed by atoms with Gasteiger partial charge in [-0.1, -0.05) is 12.8 Å². The fraction of sp³-hybridized carbons (Fsp3) is 0.941. The molecule has 0 aromatic heterocycles. The van der Waals surface area contributed by atoms with Crippen molar-refractivity contribution in [2.75, 3.05) is 32.7 Å². The predicted octanol–water partition coefficient (Wildman–Crippen LogP) is 0.944. The quantitative estimate of drug-likeness (QED) is 0.793. The molecule has 0 amide bonds. The van der Waals surface area contributed by atoms with Crippen molar-refractivity contribution in [2.24, 2.45) is 11.8 Å². The lowest BCUT2D eigenvalue weighted by Gasteiger charge is -2.39. The summed E-state index contributed by atoms with van der Waals surface area (Å²) >= 11 is 0. The Balaban J connectivity index is 1.56. The molecule has 0 bridgehead atoms. The number of sulfonamides is 1. The Morgan fingerprint density at radius 2 is 1.84 bits per heavy atom. The fourth-order valence-electron chi connectivity index (χ4n) is 4.52. The van der Waals surface area contributed by atoms with E-state index < -0.39 is 15.3 Å². The Hall–Kier alpha value is -0.720. The first-order valence-corrected chi connectivity index (χ1v) is 11.0. The Morgan fingerprint density at radius 1 is 1.16 bits per heavy atom. The van der Waals surface area contributed by atoms with Gasteiger partial charge in [0, 0.05) is 32.7 Å². The Kier molecular flexibility index (Phi) is 6.01. The van der Waals surface area contributed by atoms with Crippen LogP contribution in [0.2, 0.25) is 0 Å². The Labute approximate surface area is 151 Å². The SMILES string of the molecule is CC1NOC(C)C1S(=O)(=O)N1CCN(CC2CCCCC2C#N)CC1. The molecule has 2 saturated heterocycles. The average molecular weight is 371 g/mol. The fourth-order valence-corrected chi connectivity index (χ4v) is 6.65. The summed E-state index contributed by atoms with van der Waals surface area (Å²) in [6, 6.07) is 2.27. The van der Waals surface area contributed by atoms with E-state index in [0.717, 1.165) is 38.9 Å². The maximum atomic E-state index is 12.9. The summed E-state index contributed by atoms with van der Waals surface area (Å²) in [7, 11) is -3.37. The van der Waals surface area contributed by atoms with E-state index in [9.17, 15) is 13.7 Å². The molecule has 142 valence electrons. The van der Waals surface area contributed by atoms with E-state index >= 15 is 0 Å². The summed E-state index contributed by atoms with van der Waals surface area (Å²) in [5.74, 6) is 0.605. The van der Waals surface area contributed by atoms with E-state index in [-0.39, 0.29) is 18.1 Å². The van der Waals surface area contributed by atoms with Gasteiger partial charge >= 0.3 is 0 Å². The van der Waals surface area contributed by atoms with Crippen LogP contribution in [0.25, 0.3) is 0 Å². The minimum absolute atomic E-state index is 0.166. The third kappa shape index (κ3) is 4.01. The molecule has 3 aliphatic rings. The lowest BCUT2D eigenvalue weighted by molar-refractivity contribution is 0.0382. The molecule has 1 saturated carbocycles. The molecular weight excluding hydrogens is 340 g/mol. The van der Waals surface area contributed by atoms with Crippen molar-refractivity contribution >= 4 is 10.0 Å². The zero-order valence-electron chi connectivity index (χ0n) is 15.2. The van der Waals surface area contributed by atoms with Crippen LogP contribution in [-0.4, -0.2) is 67.7 Å². The summed E-state index contributed by atoms with van der Waals surface area (Å²) < 4.78 is 27.5. The number of rotatable bonds is 4. The molecule has 25 heavy (non-hydrogen) atoms. The molecule has 3 rings (SSSR count). The van der Waals surface area contributed by atoms with Crippen LogP contribution in [0.4, 0.5) is 0 Å². The van der Waals surface area contributed by atoms with Crippen LogP contribution in [0.1, 0.15) is 39.5 Å². The van der Waals surface area contributed by atoms with Gasteiger partial charge in [-0.25, -0.2) is 8.42 Å². The largest absolute Gasteiger partial charge is 0.300 e. The highest BCUT2D eigenvalue weighted by molar-refractivity contribution is 7.89. The molecule has 5 unspecified atom stereocenters. The van der Waals surface area contributed by atoms with Crippen LogP contribution < -0.4 is 5.48 Å². The van der Waals surface area contributed by atoms with Gasteiger partial charge in [0.2, 0.25) is 10.0 Å². The summed E-state index contributed by atoms with van der Waals surface area (Å²) in [6.07, 6.45) is 4.17. The lowest BCUT2D eigenvalue weighted by atomic mass is 9.80. The van der Waals surface area contributed by atoms with E-state index in [2.05, 4.69) is 16.4 Å². The third-order valence-corrected chi connectivity index (χ3v) is 8.56. The second-order valence-corrected chi connectivity index (χ2v) is 9.81. The molecule has 7 nitrogen and oxygen atoms in total. The molecule has 0 aromatic carbocycles. The van der Waals surface area contributed by atoms with Gasteiger partial charge in [0.05, 0.1) is 24.1 Å². The number of nitrogens with zero attached hydrogens (tertiary/aromatic N) is 3. The molecule has 3 fully saturated rings. The van der Waals surface area contributed by atoms with Crippen molar-refractivity contribution in [1.29, 1.82) is 5.26 Å². The molecular formula is C17H30N4O3S. The normalized spacial score (nSPS) is 38.5. The number of hydrogen-bond donors (Lipinski definition) is 1. The number of hydroxylamine groups is 1. The van der Waals surface area contributed by atoms with Gasteiger partial charge in [-0.05, 0) is 32.6 Å². The number of nitrogens with one attached hydrogen (secondary N) is 1. The molecule has 5 atom stereocenters. The second-order valence-electron chi connectivity index (χ2n) is 7.72. The van der Waals surface area contributed by atoms with Crippen molar-refractivity contribution in [3.8, 4) is 6.07 Å². The van der Waals surface area contributed by atoms with E-state index in [1.54, 1.807) is 11.2 Å². The monoisotopic (exact) mass is 370 g/mol. The van der Waals surface area contributed by atoms with Gasteiger partial charge in [-0.15, -0.1) is 0 Å². The summed E-state index contributed by atoms with van der Waals surface area (Å²) in [5, 5.41) is 8.81. The van der Waals surface area contributed by atoms with E-state index in [1.165, 1.54) is 6.42 Å². The molecule has 0 aromatic rings. The van der Waals surface area contributed by atoms with E-state index in [0.29, 0.717) is 19.0 Å². The van der Waals surface area contributed by atoms with Gasteiger partial charge in [0.25, 0.3) is 0 Å². The summed E-state index contributed by atoms with van der Waals surface area (Å²) in [6.45, 7) is 7.14. The molecule has 2 aliphatic heterocycles. The molecule has 2 heterocycles. The Morgan fingerprint density at radius 3 is 2.44 bits per heavy atom. The van der Waals surface area contributed by atoms with Crippen LogP contribution in [0.5, 0.6) is 0 Å². The molecule has 1 N–H and O–H groups in total. The van der Waals surface area contributed by atoms with Crippen molar-refractivity contribution in [2.45, 2.75) is 56.9 Å². The zero-order chi connectivity index (χ0) is 18.0. The number of nitriles is 1. The van der Waals surface area contributed by atoms with Crippen LogP contribution in [0.3, 0.4) is 0 Å². The minimum Gasteiger partial charge on any atom is -0.300 e. The van der Waals surface area contributed by atoms with Gasteiger partial charge in [0.15, 0.2) is 0 Å². The molecule has 0 radical (unpaired) electrons. The Bertz CT molecular complexity index is 588. The first-order chi connectivity index (χ1) is 11.9. The van der Waals surface area contributed by atoms with Crippen molar-refractivity contribution in [1.82, 2.24) is 14.7 Å². The van der Waals surface area contributed by atoms with Crippen LogP contribution >= 0.6 is 0 Å². The standard InChI is InChI=1S/C17H30N4O3S/c1-13-17(14(2)24-19-13)25(22,23)21-9-7-20(8-10-21)12-16-6-4-3-5-15(16)11-18/h13-17,19H,3-10,12H2,1-2H3. The second kappa shape index (κ2) is 7.89. The lowest BCUT2D eigenvalue weighted by Crippen LogP contribution is -2.54. The van der Waals surface area contributed by atoms with Gasteiger partial charge in [0.1, 0.15) is 5.25 Å². The van der Waals surface area contributed by atoms with Gasteiger partial charge < -0.3 is 4.90 Å². The van der Waals surface area contributed by atoms with E-state index in [1.807, 2.05) is 6.92 Å². The van der Waals surface area contributed by atoms with Crippen molar-refractivity contribution in [3.63, 3.8) is 0 Å². The zero-order valence-corrected chi connectivity index (χ0v) is 16.0. The first-order valence-electron chi connectivity index (χ1n) is 9.45. The smallest absolute Gasteiger partial charge is 0.221 e. The average Bonchev–Trinajstić information content (AvgIpc) is 2.95. The van der Waals surface area contributed by atoms with Crippen molar-refractivity contribution in [3.05, 3.63) is 0 Å². The topological polar surface area (TPSA) is 85.7 Å². The molecule has 8 heteroatoms. The highest BCUT2D eigenvalue weighted by Crippen LogP contribution is 2.31. The van der Waals surface area contributed by atoms with Gasteiger partial charge in [-0.2, -0.15) is 15.0 Å². The van der Waals surface area contributed by atoms with Gasteiger partial charge in [-0.3, -0.25) is 4.84 Å². The van der Waals surface area contributed by atoms with Crippen molar-refractivity contribution < 1.29 is 13.3 Å². The first kappa shape index (κ1) is 19.1. The third-order valence-electron chi connectivity index (χ3n) is 6.00. The predicted molar refractivity (Wildman–Crippen MR) is 94.9 cm³/mol. The summed E-state index contributed by atoms with van der Waals surface area (Å²) in [4.78, 5) is 7.64. The minimum atomic E-state index is -3.37. The highest BCUT2D eigenvalue weighted by atomic mass is 32.2. The highest BCUT2D eigenvalue weighted by Gasteiger charge is 2.45. The van der Waals surface area contributed by atoms with Crippen LogP contribution in [-0.2, 0) is 14.9 Å². The number of piperazine rings is 1. The maximum Gasteiger partial charge on any atom is 0.221 e. The maximum absolute atomic E-state index is 12.9. The van der Waals surface area contributed by atoms with E-state index in [4.69, 9.17) is 4.84 Å². The molecule has 1 aliphatic carbocycles. The molecule has 0 spiro atoms.